The van der Waals surface area contributed by atoms with Crippen LogP contribution in [0.4, 0.5) is 0 Å². The monoisotopic (exact) mass is 247 g/mol. The summed E-state index contributed by atoms with van der Waals surface area (Å²) in [5.74, 6) is -0.166. The van der Waals surface area contributed by atoms with Gasteiger partial charge in [0, 0.05) is 12.6 Å². The molecule has 1 heterocycles. The Morgan fingerprint density at radius 3 is 2.56 bits per heavy atom. The van der Waals surface area contributed by atoms with Gasteiger partial charge in [-0.2, -0.15) is 0 Å². The first-order valence-electron chi connectivity index (χ1n) is 5.82. The van der Waals surface area contributed by atoms with Crippen LogP contribution in [0.15, 0.2) is 23.0 Å². The molecule has 5 nitrogen and oxygen atoms in total. The van der Waals surface area contributed by atoms with Crippen molar-refractivity contribution in [2.24, 2.45) is 0 Å². The van der Waals surface area contributed by atoms with E-state index in [1.165, 1.54) is 0 Å². The number of H-pyrrole nitrogens is 1. The second kappa shape index (κ2) is 4.01. The zero-order valence-electron chi connectivity index (χ0n) is 11.0. The lowest BCUT2D eigenvalue weighted by atomic mass is 10.1. The van der Waals surface area contributed by atoms with E-state index in [4.69, 9.17) is 0 Å². The minimum Gasteiger partial charge on any atom is -0.355 e. The molecule has 5 heteroatoms. The topological polar surface area (TPSA) is 66.9 Å². The summed E-state index contributed by atoms with van der Waals surface area (Å²) in [7, 11) is 1.58. The van der Waals surface area contributed by atoms with E-state index in [0.717, 1.165) is 0 Å². The first-order chi connectivity index (χ1) is 8.34. The fourth-order valence-corrected chi connectivity index (χ4v) is 1.87. The largest absolute Gasteiger partial charge is 0.355 e. The van der Waals surface area contributed by atoms with Gasteiger partial charge in [-0.05, 0) is 39.0 Å². The highest BCUT2D eigenvalue weighted by molar-refractivity contribution is 5.97. The fraction of sp³-hybridized carbons (Fsp3) is 0.385. The predicted octanol–water partition coefficient (Wildman–Crippen LogP) is 1.44. The molecule has 0 atom stereocenters. The van der Waals surface area contributed by atoms with Crippen molar-refractivity contribution in [3.63, 3.8) is 0 Å². The molecule has 2 aromatic rings. The standard InChI is InChI=1S/C13H17N3O2/c1-13(2,3)16-12(18)9-6-5-8(11(17)14-4)7-10(9)15-16/h5-7,15H,1-4H3,(H,14,17). The van der Waals surface area contributed by atoms with E-state index >= 15 is 0 Å². The van der Waals surface area contributed by atoms with Crippen LogP contribution >= 0.6 is 0 Å². The van der Waals surface area contributed by atoms with Gasteiger partial charge < -0.3 is 5.32 Å². The number of amides is 1. The van der Waals surface area contributed by atoms with E-state index in [-0.39, 0.29) is 17.0 Å². The third-order valence-corrected chi connectivity index (χ3v) is 2.85. The second-order valence-electron chi connectivity index (χ2n) is 5.26. The van der Waals surface area contributed by atoms with E-state index in [0.29, 0.717) is 16.5 Å². The van der Waals surface area contributed by atoms with Crippen LogP contribution in [-0.4, -0.2) is 22.7 Å². The van der Waals surface area contributed by atoms with Crippen molar-refractivity contribution in [2.75, 3.05) is 7.05 Å². The highest BCUT2D eigenvalue weighted by atomic mass is 16.1. The SMILES string of the molecule is CNC(=O)c1ccc2c(=O)n(C(C)(C)C)[nH]c2c1. The van der Waals surface area contributed by atoms with Crippen LogP contribution in [0.1, 0.15) is 31.1 Å². The van der Waals surface area contributed by atoms with Gasteiger partial charge in [0.05, 0.1) is 16.4 Å². The molecule has 2 N–H and O–H groups in total. The number of hydrogen-bond donors (Lipinski definition) is 2. The van der Waals surface area contributed by atoms with Gasteiger partial charge in [0.15, 0.2) is 0 Å². The number of fused-ring (bicyclic) bond motifs is 1. The van der Waals surface area contributed by atoms with Crippen LogP contribution in [0, 0.1) is 0 Å². The van der Waals surface area contributed by atoms with Crippen molar-refractivity contribution < 1.29 is 4.79 Å². The zero-order chi connectivity index (χ0) is 13.5. The van der Waals surface area contributed by atoms with Crippen LogP contribution in [0.5, 0.6) is 0 Å². The Morgan fingerprint density at radius 2 is 2.00 bits per heavy atom. The molecule has 18 heavy (non-hydrogen) atoms. The maximum absolute atomic E-state index is 12.2. The van der Waals surface area contributed by atoms with Crippen molar-refractivity contribution in [3.05, 3.63) is 34.1 Å². The van der Waals surface area contributed by atoms with Crippen molar-refractivity contribution in [2.45, 2.75) is 26.3 Å². The number of nitrogens with one attached hydrogen (secondary N) is 2. The summed E-state index contributed by atoms with van der Waals surface area (Å²) in [6, 6.07) is 5.03. The molecule has 0 unspecified atom stereocenters. The molecule has 0 saturated heterocycles. The fourth-order valence-electron chi connectivity index (χ4n) is 1.87. The third kappa shape index (κ3) is 1.92. The van der Waals surface area contributed by atoms with Gasteiger partial charge >= 0.3 is 0 Å². The zero-order valence-corrected chi connectivity index (χ0v) is 11.0. The molecule has 1 aromatic carbocycles. The lowest BCUT2D eigenvalue weighted by Gasteiger charge is -2.18. The molecule has 0 aliphatic heterocycles. The Labute approximate surface area is 105 Å². The number of benzene rings is 1. The number of rotatable bonds is 1. The molecule has 0 fully saturated rings. The third-order valence-electron chi connectivity index (χ3n) is 2.85. The molecular weight excluding hydrogens is 230 g/mol. The van der Waals surface area contributed by atoms with Crippen molar-refractivity contribution in [1.29, 1.82) is 0 Å². The highest BCUT2D eigenvalue weighted by Gasteiger charge is 2.18. The van der Waals surface area contributed by atoms with Gasteiger partial charge in [-0.25, -0.2) is 4.68 Å². The molecular formula is C13H17N3O2. The Hall–Kier alpha value is -2.04. The summed E-state index contributed by atoms with van der Waals surface area (Å²) in [5, 5.41) is 6.20. The van der Waals surface area contributed by atoms with E-state index in [9.17, 15) is 9.59 Å². The van der Waals surface area contributed by atoms with Crippen molar-refractivity contribution in [1.82, 2.24) is 15.1 Å². The smallest absolute Gasteiger partial charge is 0.274 e. The predicted molar refractivity (Wildman–Crippen MR) is 70.9 cm³/mol. The van der Waals surface area contributed by atoms with E-state index in [1.807, 2.05) is 20.8 Å². The lowest BCUT2D eigenvalue weighted by Crippen LogP contribution is -2.32. The minimum absolute atomic E-state index is 0.0686. The van der Waals surface area contributed by atoms with Crippen LogP contribution < -0.4 is 10.9 Å². The summed E-state index contributed by atoms with van der Waals surface area (Å²) in [4.78, 5) is 23.7. The Balaban J connectivity index is 2.67. The first-order valence-corrected chi connectivity index (χ1v) is 5.82. The summed E-state index contributed by atoms with van der Waals surface area (Å²) < 4.78 is 1.57. The first kappa shape index (κ1) is 12.4. The van der Waals surface area contributed by atoms with Gasteiger partial charge in [0.1, 0.15) is 0 Å². The number of aromatic nitrogens is 2. The number of hydrogen-bond acceptors (Lipinski definition) is 2. The van der Waals surface area contributed by atoms with Gasteiger partial charge in [-0.15, -0.1) is 0 Å². The number of aromatic amines is 1. The average Bonchev–Trinajstić information content (AvgIpc) is 2.65. The summed E-state index contributed by atoms with van der Waals surface area (Å²) in [6.07, 6.45) is 0. The van der Waals surface area contributed by atoms with E-state index in [2.05, 4.69) is 10.4 Å². The lowest BCUT2D eigenvalue weighted by molar-refractivity contribution is 0.0963. The average molecular weight is 247 g/mol. The van der Waals surface area contributed by atoms with E-state index in [1.54, 1.807) is 29.9 Å². The van der Waals surface area contributed by atoms with Crippen molar-refractivity contribution >= 4 is 16.8 Å². The van der Waals surface area contributed by atoms with Crippen molar-refractivity contribution in [3.8, 4) is 0 Å². The van der Waals surface area contributed by atoms with Crippen LogP contribution in [0.3, 0.4) is 0 Å². The number of carbonyl (C=O) groups is 1. The number of carbonyl (C=O) groups excluding carboxylic acids is 1. The van der Waals surface area contributed by atoms with Crippen LogP contribution in [0.2, 0.25) is 0 Å². The summed E-state index contributed by atoms with van der Waals surface area (Å²) in [5.41, 5.74) is 0.827. The Bertz CT molecular complexity index is 659. The maximum atomic E-state index is 12.2. The maximum Gasteiger partial charge on any atom is 0.274 e. The minimum atomic E-state index is -0.316. The molecule has 0 spiro atoms. The van der Waals surface area contributed by atoms with Gasteiger partial charge in [-0.1, -0.05) is 0 Å². The molecule has 0 aliphatic rings. The molecule has 96 valence electrons. The van der Waals surface area contributed by atoms with Crippen LogP contribution in [-0.2, 0) is 5.54 Å². The molecule has 0 saturated carbocycles. The normalized spacial score (nSPS) is 11.8. The van der Waals surface area contributed by atoms with E-state index < -0.39 is 0 Å². The van der Waals surface area contributed by atoms with Gasteiger partial charge in [0.25, 0.3) is 11.5 Å². The molecule has 0 bridgehead atoms. The van der Waals surface area contributed by atoms with Gasteiger partial charge in [-0.3, -0.25) is 14.7 Å². The molecule has 1 amide bonds. The van der Waals surface area contributed by atoms with Crippen LogP contribution in [0.25, 0.3) is 10.9 Å². The molecule has 0 radical (unpaired) electrons. The summed E-state index contributed by atoms with van der Waals surface area (Å²) in [6.45, 7) is 5.84. The summed E-state index contributed by atoms with van der Waals surface area (Å²) >= 11 is 0. The molecule has 2 rings (SSSR count). The Morgan fingerprint density at radius 1 is 1.33 bits per heavy atom. The quantitative estimate of drug-likeness (QED) is 0.800. The highest BCUT2D eigenvalue weighted by Crippen LogP contribution is 2.15. The van der Waals surface area contributed by atoms with Gasteiger partial charge in [0.2, 0.25) is 0 Å². The number of nitrogens with zero attached hydrogens (tertiary/aromatic N) is 1. The second-order valence-corrected chi connectivity index (χ2v) is 5.26. The molecule has 1 aromatic heterocycles. The Kier molecular flexibility index (Phi) is 2.77. The molecule has 0 aliphatic carbocycles.